The van der Waals surface area contributed by atoms with Crippen LogP contribution in [0.3, 0.4) is 0 Å². The predicted octanol–water partition coefficient (Wildman–Crippen LogP) is 4.07. The van der Waals surface area contributed by atoms with Crippen LogP contribution >= 0.6 is 15.9 Å². The lowest BCUT2D eigenvalue weighted by molar-refractivity contribution is -0.0114. The minimum atomic E-state index is -0.213. The maximum Gasteiger partial charge on any atom is 0.137 e. The first-order valence-corrected chi connectivity index (χ1v) is 8.16. The van der Waals surface area contributed by atoms with Crippen LogP contribution in [-0.4, -0.2) is 24.8 Å². The molecule has 1 aliphatic rings. The molecule has 1 aromatic rings. The van der Waals surface area contributed by atoms with E-state index < -0.39 is 0 Å². The Morgan fingerprint density at radius 1 is 1.50 bits per heavy atom. The number of benzene rings is 1. The molecule has 1 fully saturated rings. The first-order valence-electron chi connectivity index (χ1n) is 7.36. The largest absolute Gasteiger partial charge is 0.374 e. The van der Waals surface area contributed by atoms with Gasteiger partial charge in [0.15, 0.2) is 0 Å². The van der Waals surface area contributed by atoms with Crippen molar-refractivity contribution in [1.29, 1.82) is 0 Å². The van der Waals surface area contributed by atoms with Gasteiger partial charge in [-0.2, -0.15) is 0 Å². The summed E-state index contributed by atoms with van der Waals surface area (Å²) in [4.78, 5) is 0. The van der Waals surface area contributed by atoms with Crippen molar-refractivity contribution in [3.05, 3.63) is 34.1 Å². The van der Waals surface area contributed by atoms with E-state index in [1.54, 1.807) is 0 Å². The van der Waals surface area contributed by atoms with E-state index in [1.807, 2.05) is 12.1 Å². The number of ether oxygens (including phenoxy) is 1. The van der Waals surface area contributed by atoms with Crippen LogP contribution in [0.15, 0.2) is 22.7 Å². The summed E-state index contributed by atoms with van der Waals surface area (Å²) in [6.45, 7) is 6.17. The number of hydrogen-bond acceptors (Lipinski definition) is 2. The van der Waals surface area contributed by atoms with Gasteiger partial charge in [-0.15, -0.1) is 0 Å². The molecule has 0 amide bonds. The molecule has 0 radical (unpaired) electrons. The highest BCUT2D eigenvalue weighted by Crippen LogP contribution is 2.31. The Morgan fingerprint density at radius 2 is 2.30 bits per heavy atom. The van der Waals surface area contributed by atoms with Crippen molar-refractivity contribution in [2.24, 2.45) is 0 Å². The van der Waals surface area contributed by atoms with Crippen LogP contribution in [0, 0.1) is 5.82 Å². The molecule has 0 saturated carbocycles. The molecule has 1 heterocycles. The molecule has 0 bridgehead atoms. The molecule has 2 unspecified atom stereocenters. The van der Waals surface area contributed by atoms with Gasteiger partial charge < -0.3 is 10.1 Å². The summed E-state index contributed by atoms with van der Waals surface area (Å²) in [7, 11) is 0. The van der Waals surface area contributed by atoms with Gasteiger partial charge in [0.25, 0.3) is 0 Å². The Morgan fingerprint density at radius 3 is 2.90 bits per heavy atom. The molecule has 1 saturated heterocycles. The van der Waals surface area contributed by atoms with Gasteiger partial charge in [-0.25, -0.2) is 4.39 Å². The highest BCUT2D eigenvalue weighted by molar-refractivity contribution is 9.10. The fourth-order valence-electron chi connectivity index (χ4n) is 2.80. The molecule has 112 valence electrons. The molecule has 4 heteroatoms. The van der Waals surface area contributed by atoms with Crippen LogP contribution in [0.2, 0.25) is 0 Å². The van der Waals surface area contributed by atoms with Crippen molar-refractivity contribution < 1.29 is 9.13 Å². The van der Waals surface area contributed by atoms with Crippen molar-refractivity contribution in [3.8, 4) is 0 Å². The average Bonchev–Trinajstić information content (AvgIpc) is 2.86. The normalized spacial score (nSPS) is 24.0. The average molecular weight is 344 g/mol. The van der Waals surface area contributed by atoms with E-state index in [4.69, 9.17) is 4.74 Å². The fourth-order valence-corrected chi connectivity index (χ4v) is 3.23. The molecule has 0 aromatic heterocycles. The molecule has 0 spiro atoms. The molecular formula is C16H23BrFNO. The zero-order valence-corrected chi connectivity index (χ0v) is 13.8. The van der Waals surface area contributed by atoms with Gasteiger partial charge >= 0.3 is 0 Å². The number of halogens is 2. The highest BCUT2D eigenvalue weighted by Gasteiger charge is 2.37. The first kappa shape index (κ1) is 15.9. The summed E-state index contributed by atoms with van der Waals surface area (Å²) in [5, 5.41) is 3.60. The first-order chi connectivity index (χ1) is 9.55. The van der Waals surface area contributed by atoms with Crippen molar-refractivity contribution >= 4 is 15.9 Å². The second-order valence-corrected chi connectivity index (χ2v) is 6.58. The molecule has 1 aromatic carbocycles. The quantitative estimate of drug-likeness (QED) is 0.840. The minimum Gasteiger partial charge on any atom is -0.374 e. The van der Waals surface area contributed by atoms with Crippen LogP contribution in [0.1, 0.15) is 38.7 Å². The fraction of sp³-hybridized carbons (Fsp3) is 0.625. The van der Waals surface area contributed by atoms with Crippen LogP contribution in [-0.2, 0) is 11.2 Å². The number of hydrogen-bond donors (Lipinski definition) is 1. The van der Waals surface area contributed by atoms with E-state index in [9.17, 15) is 4.39 Å². The zero-order valence-electron chi connectivity index (χ0n) is 12.2. The maximum absolute atomic E-state index is 13.3. The van der Waals surface area contributed by atoms with Crippen molar-refractivity contribution in [1.82, 2.24) is 5.32 Å². The minimum absolute atomic E-state index is 0.115. The Kier molecular flexibility index (Phi) is 5.58. The molecule has 0 aliphatic carbocycles. The van der Waals surface area contributed by atoms with Crippen LogP contribution in [0.25, 0.3) is 0 Å². The molecule has 1 aliphatic heterocycles. The molecule has 2 nitrogen and oxygen atoms in total. The van der Waals surface area contributed by atoms with Gasteiger partial charge in [-0.1, -0.05) is 13.0 Å². The summed E-state index contributed by atoms with van der Waals surface area (Å²) >= 11 is 3.26. The third-order valence-corrected chi connectivity index (χ3v) is 4.66. The molecule has 2 atom stereocenters. The van der Waals surface area contributed by atoms with Crippen LogP contribution < -0.4 is 5.32 Å². The van der Waals surface area contributed by atoms with E-state index >= 15 is 0 Å². The van der Waals surface area contributed by atoms with Crippen molar-refractivity contribution in [2.75, 3.05) is 13.2 Å². The van der Waals surface area contributed by atoms with Gasteiger partial charge in [0.2, 0.25) is 0 Å². The lowest BCUT2D eigenvalue weighted by atomic mass is 9.88. The van der Waals surface area contributed by atoms with Crippen LogP contribution in [0.4, 0.5) is 4.39 Å². The standard InChI is InChI=1S/C16H23BrFNO/c1-3-8-19-15(16(2)7-4-9-20-16)11-12-5-6-14(18)13(17)10-12/h5-6,10,15,19H,3-4,7-9,11H2,1-2H3. The Hall–Kier alpha value is -0.450. The topological polar surface area (TPSA) is 21.3 Å². The van der Waals surface area contributed by atoms with Gasteiger partial charge in [-0.3, -0.25) is 0 Å². The third kappa shape index (κ3) is 3.80. The summed E-state index contributed by atoms with van der Waals surface area (Å²) in [5.41, 5.74) is 1.01. The lowest BCUT2D eigenvalue weighted by Crippen LogP contribution is -2.50. The Balaban J connectivity index is 2.12. The SMILES string of the molecule is CCCNC(Cc1ccc(F)c(Br)c1)C1(C)CCCO1. The van der Waals surface area contributed by atoms with Gasteiger partial charge in [0, 0.05) is 12.6 Å². The molecule has 1 N–H and O–H groups in total. The van der Waals surface area contributed by atoms with E-state index in [0.717, 1.165) is 44.4 Å². The number of rotatable bonds is 6. The second-order valence-electron chi connectivity index (χ2n) is 5.72. The third-order valence-electron chi connectivity index (χ3n) is 4.05. The van der Waals surface area contributed by atoms with Crippen molar-refractivity contribution in [3.63, 3.8) is 0 Å². The highest BCUT2D eigenvalue weighted by atomic mass is 79.9. The number of nitrogens with one attached hydrogen (secondary N) is 1. The Bertz CT molecular complexity index is 446. The van der Waals surface area contributed by atoms with Gasteiger partial charge in [-0.05, 0) is 72.8 Å². The van der Waals surface area contributed by atoms with E-state index in [2.05, 4.69) is 35.1 Å². The van der Waals surface area contributed by atoms with Crippen molar-refractivity contribution in [2.45, 2.75) is 51.2 Å². The molecule has 2 rings (SSSR count). The summed E-state index contributed by atoms with van der Waals surface area (Å²) in [5.74, 6) is -0.213. The zero-order chi connectivity index (χ0) is 14.6. The summed E-state index contributed by atoms with van der Waals surface area (Å²) in [6, 6.07) is 5.52. The molecule has 20 heavy (non-hydrogen) atoms. The van der Waals surface area contributed by atoms with Gasteiger partial charge in [0.05, 0.1) is 10.1 Å². The Labute approximate surface area is 129 Å². The summed E-state index contributed by atoms with van der Waals surface area (Å²) < 4.78 is 19.8. The monoisotopic (exact) mass is 343 g/mol. The van der Waals surface area contributed by atoms with Crippen LogP contribution in [0.5, 0.6) is 0 Å². The summed E-state index contributed by atoms with van der Waals surface area (Å²) in [6.07, 6.45) is 4.15. The maximum atomic E-state index is 13.3. The van der Waals surface area contributed by atoms with Gasteiger partial charge in [0.1, 0.15) is 5.82 Å². The van der Waals surface area contributed by atoms with E-state index in [-0.39, 0.29) is 17.5 Å². The van der Waals surface area contributed by atoms with E-state index in [0.29, 0.717) is 4.47 Å². The molecular weight excluding hydrogens is 321 g/mol. The predicted molar refractivity (Wildman–Crippen MR) is 83.5 cm³/mol. The lowest BCUT2D eigenvalue weighted by Gasteiger charge is -2.34. The smallest absolute Gasteiger partial charge is 0.137 e. The van der Waals surface area contributed by atoms with E-state index in [1.165, 1.54) is 6.07 Å². The second kappa shape index (κ2) is 7.01.